The zero-order valence-corrected chi connectivity index (χ0v) is 12.5. The third kappa shape index (κ3) is 2.92. The quantitative estimate of drug-likeness (QED) is 0.928. The van der Waals surface area contributed by atoms with Gasteiger partial charge in [-0.15, -0.1) is 0 Å². The molecule has 1 aliphatic carbocycles. The molecule has 4 nitrogen and oxygen atoms in total. The minimum atomic E-state index is -3.22. The van der Waals surface area contributed by atoms with Crippen LogP contribution in [-0.2, 0) is 10.0 Å². The second kappa shape index (κ2) is 5.64. The van der Waals surface area contributed by atoms with Gasteiger partial charge in [-0.2, -0.15) is 0 Å². The Kier molecular flexibility index (Phi) is 3.87. The summed E-state index contributed by atoms with van der Waals surface area (Å²) in [5, 5.41) is -0.210. The number of benzene rings is 1. The number of rotatable bonds is 4. The van der Waals surface area contributed by atoms with Crippen molar-refractivity contribution < 1.29 is 8.42 Å². The van der Waals surface area contributed by atoms with Gasteiger partial charge in [-0.05, 0) is 43.9 Å². The van der Waals surface area contributed by atoms with Gasteiger partial charge in [0.05, 0.1) is 10.9 Å². The van der Waals surface area contributed by atoms with Gasteiger partial charge in [0.1, 0.15) is 0 Å². The molecule has 0 bridgehead atoms. The average Bonchev–Trinajstić information content (AvgIpc) is 3.12. The van der Waals surface area contributed by atoms with Gasteiger partial charge < -0.3 is 4.90 Å². The largest absolute Gasteiger partial charge is 0.371 e. The highest BCUT2D eigenvalue weighted by molar-refractivity contribution is 7.93. The van der Waals surface area contributed by atoms with Crippen molar-refractivity contribution in [2.75, 3.05) is 22.7 Å². The van der Waals surface area contributed by atoms with Crippen LogP contribution in [0.3, 0.4) is 0 Å². The molecular formula is C15H22N2O2S. The van der Waals surface area contributed by atoms with Crippen molar-refractivity contribution in [2.24, 2.45) is 0 Å². The van der Waals surface area contributed by atoms with E-state index in [9.17, 15) is 8.42 Å². The lowest BCUT2D eigenvalue weighted by Crippen LogP contribution is -2.25. The number of sulfonamides is 1. The Labute approximate surface area is 121 Å². The predicted octanol–water partition coefficient (Wildman–Crippen LogP) is 2.97. The summed E-state index contributed by atoms with van der Waals surface area (Å²) in [6.45, 7) is 2.14. The topological polar surface area (TPSA) is 49.4 Å². The molecule has 1 saturated carbocycles. The summed E-state index contributed by atoms with van der Waals surface area (Å²) in [5.74, 6) is 0. The van der Waals surface area contributed by atoms with Crippen molar-refractivity contribution in [1.29, 1.82) is 0 Å². The van der Waals surface area contributed by atoms with Gasteiger partial charge in [-0.1, -0.05) is 18.9 Å². The third-order valence-corrected chi connectivity index (χ3v) is 6.19. The van der Waals surface area contributed by atoms with Crippen molar-refractivity contribution in [3.05, 3.63) is 24.3 Å². The smallest absolute Gasteiger partial charge is 0.235 e. The van der Waals surface area contributed by atoms with E-state index in [1.807, 2.05) is 18.2 Å². The summed E-state index contributed by atoms with van der Waals surface area (Å²) < 4.78 is 27.4. The summed E-state index contributed by atoms with van der Waals surface area (Å²) in [6, 6.07) is 7.78. The molecule has 0 aromatic heterocycles. The molecule has 1 N–H and O–H groups in total. The number of hydrogen-bond acceptors (Lipinski definition) is 3. The normalized spacial score (nSPS) is 20.5. The average molecular weight is 294 g/mol. The maximum Gasteiger partial charge on any atom is 0.235 e. The molecule has 1 aliphatic heterocycles. The van der Waals surface area contributed by atoms with E-state index in [-0.39, 0.29) is 5.25 Å². The van der Waals surface area contributed by atoms with Crippen LogP contribution in [0.2, 0.25) is 0 Å². The van der Waals surface area contributed by atoms with Crippen LogP contribution >= 0.6 is 0 Å². The first kappa shape index (κ1) is 13.7. The second-order valence-electron chi connectivity index (χ2n) is 5.80. The van der Waals surface area contributed by atoms with Crippen LogP contribution in [0.25, 0.3) is 0 Å². The van der Waals surface area contributed by atoms with Crippen molar-refractivity contribution in [1.82, 2.24) is 0 Å². The fourth-order valence-corrected chi connectivity index (χ4v) is 4.76. The molecule has 1 saturated heterocycles. The minimum absolute atomic E-state index is 0.210. The van der Waals surface area contributed by atoms with E-state index in [1.165, 1.54) is 12.8 Å². The first-order valence-corrected chi connectivity index (χ1v) is 9.06. The molecule has 2 fully saturated rings. The maximum atomic E-state index is 12.3. The lowest BCUT2D eigenvalue weighted by molar-refractivity contribution is 0.585. The molecule has 1 aromatic carbocycles. The molecule has 0 atom stereocenters. The highest BCUT2D eigenvalue weighted by Gasteiger charge is 2.28. The zero-order valence-electron chi connectivity index (χ0n) is 11.7. The standard InChI is InChI=1S/C15H22N2O2S/c18-20(19,15-8-1-2-9-15)16-13-6-5-7-14(12-13)17-10-3-4-11-17/h5-7,12,15-16H,1-4,8-11H2. The van der Waals surface area contributed by atoms with Crippen LogP contribution < -0.4 is 9.62 Å². The van der Waals surface area contributed by atoms with E-state index in [2.05, 4.69) is 15.7 Å². The third-order valence-electron chi connectivity index (χ3n) is 4.32. The Balaban J connectivity index is 1.75. The lowest BCUT2D eigenvalue weighted by Gasteiger charge is -2.19. The van der Waals surface area contributed by atoms with Crippen LogP contribution in [0, 0.1) is 0 Å². The number of hydrogen-bond donors (Lipinski definition) is 1. The molecule has 3 rings (SSSR count). The Bertz CT molecular complexity index is 559. The van der Waals surface area contributed by atoms with Crippen molar-refractivity contribution in [2.45, 2.75) is 43.8 Å². The van der Waals surface area contributed by atoms with Crippen molar-refractivity contribution in [3.63, 3.8) is 0 Å². The van der Waals surface area contributed by atoms with Gasteiger partial charge in [-0.25, -0.2) is 8.42 Å². The predicted molar refractivity (Wildman–Crippen MR) is 82.7 cm³/mol. The van der Waals surface area contributed by atoms with E-state index in [0.29, 0.717) is 5.69 Å². The highest BCUT2D eigenvalue weighted by Crippen LogP contribution is 2.28. The zero-order chi connectivity index (χ0) is 14.0. The molecule has 0 unspecified atom stereocenters. The molecule has 5 heteroatoms. The first-order valence-electron chi connectivity index (χ1n) is 7.52. The Morgan fingerprint density at radius 2 is 1.75 bits per heavy atom. The number of nitrogens with zero attached hydrogens (tertiary/aromatic N) is 1. The fraction of sp³-hybridized carbons (Fsp3) is 0.600. The number of anilines is 2. The van der Waals surface area contributed by atoms with E-state index in [0.717, 1.165) is 44.5 Å². The SMILES string of the molecule is O=S(=O)(Nc1cccc(N2CCCC2)c1)C1CCCC1. The maximum absolute atomic E-state index is 12.3. The Morgan fingerprint density at radius 3 is 2.45 bits per heavy atom. The van der Waals surface area contributed by atoms with E-state index >= 15 is 0 Å². The van der Waals surface area contributed by atoms with Crippen LogP contribution in [0.5, 0.6) is 0 Å². The Morgan fingerprint density at radius 1 is 1.05 bits per heavy atom. The van der Waals surface area contributed by atoms with Gasteiger partial charge >= 0.3 is 0 Å². The molecule has 1 aromatic rings. The summed E-state index contributed by atoms with van der Waals surface area (Å²) in [6.07, 6.45) is 6.08. The van der Waals surface area contributed by atoms with Crippen LogP contribution in [-0.4, -0.2) is 26.8 Å². The molecule has 0 spiro atoms. The van der Waals surface area contributed by atoms with Crippen molar-refractivity contribution in [3.8, 4) is 0 Å². The monoisotopic (exact) mass is 294 g/mol. The molecule has 20 heavy (non-hydrogen) atoms. The molecule has 0 radical (unpaired) electrons. The Hall–Kier alpha value is -1.23. The van der Waals surface area contributed by atoms with E-state index in [4.69, 9.17) is 0 Å². The van der Waals surface area contributed by atoms with Crippen LogP contribution in [0.4, 0.5) is 11.4 Å². The second-order valence-corrected chi connectivity index (χ2v) is 7.76. The lowest BCUT2D eigenvalue weighted by atomic mass is 10.2. The van der Waals surface area contributed by atoms with Gasteiger partial charge in [0.15, 0.2) is 0 Å². The summed E-state index contributed by atoms with van der Waals surface area (Å²) in [4.78, 5) is 2.31. The van der Waals surface area contributed by atoms with Gasteiger partial charge in [0.2, 0.25) is 10.0 Å². The van der Waals surface area contributed by atoms with Crippen LogP contribution in [0.1, 0.15) is 38.5 Å². The van der Waals surface area contributed by atoms with Crippen molar-refractivity contribution >= 4 is 21.4 Å². The first-order chi connectivity index (χ1) is 9.65. The molecule has 2 aliphatic rings. The van der Waals surface area contributed by atoms with Gasteiger partial charge in [-0.3, -0.25) is 4.72 Å². The highest BCUT2D eigenvalue weighted by atomic mass is 32.2. The van der Waals surface area contributed by atoms with Gasteiger partial charge in [0, 0.05) is 18.8 Å². The molecule has 0 amide bonds. The van der Waals surface area contributed by atoms with E-state index in [1.54, 1.807) is 0 Å². The molecular weight excluding hydrogens is 272 g/mol. The summed E-state index contributed by atoms with van der Waals surface area (Å²) >= 11 is 0. The number of nitrogens with one attached hydrogen (secondary N) is 1. The van der Waals surface area contributed by atoms with Gasteiger partial charge in [0.25, 0.3) is 0 Å². The summed E-state index contributed by atoms with van der Waals surface area (Å²) in [5.41, 5.74) is 1.82. The van der Waals surface area contributed by atoms with E-state index < -0.39 is 10.0 Å². The molecule has 1 heterocycles. The fourth-order valence-electron chi connectivity index (χ4n) is 3.19. The van der Waals surface area contributed by atoms with Crippen LogP contribution in [0.15, 0.2) is 24.3 Å². The summed E-state index contributed by atoms with van der Waals surface area (Å²) in [7, 11) is -3.22. The minimum Gasteiger partial charge on any atom is -0.371 e. The molecule has 110 valence electrons.